The zero-order valence-corrected chi connectivity index (χ0v) is 10.9. The van der Waals surface area contributed by atoms with Gasteiger partial charge in [-0.2, -0.15) is 0 Å². The Bertz CT molecular complexity index is 716. The molecule has 3 aromatic rings. The number of fused-ring (bicyclic) bond motifs is 1. The lowest BCUT2D eigenvalue weighted by Crippen LogP contribution is -1.86. The van der Waals surface area contributed by atoms with Crippen molar-refractivity contribution < 1.29 is 9.47 Å². The summed E-state index contributed by atoms with van der Waals surface area (Å²) in [5.74, 6) is 1.71. The Morgan fingerprint density at radius 3 is 2.53 bits per heavy atom. The SMILES string of the molecule is COc1ccc2cc(-c3ccccc3OC)[nH]c2c1. The zero-order valence-electron chi connectivity index (χ0n) is 10.9. The van der Waals surface area contributed by atoms with Gasteiger partial charge in [-0.25, -0.2) is 0 Å². The average Bonchev–Trinajstić information content (AvgIpc) is 2.89. The Morgan fingerprint density at radius 2 is 1.74 bits per heavy atom. The summed E-state index contributed by atoms with van der Waals surface area (Å²) in [5, 5.41) is 1.15. The van der Waals surface area contributed by atoms with Crippen molar-refractivity contribution in [3.05, 3.63) is 48.5 Å². The van der Waals surface area contributed by atoms with Crippen LogP contribution < -0.4 is 9.47 Å². The maximum Gasteiger partial charge on any atom is 0.128 e. The quantitative estimate of drug-likeness (QED) is 0.769. The van der Waals surface area contributed by atoms with E-state index in [4.69, 9.17) is 9.47 Å². The van der Waals surface area contributed by atoms with Gasteiger partial charge in [-0.3, -0.25) is 0 Å². The van der Waals surface area contributed by atoms with Crippen LogP contribution in [0.15, 0.2) is 48.5 Å². The highest BCUT2D eigenvalue weighted by atomic mass is 16.5. The van der Waals surface area contributed by atoms with E-state index in [9.17, 15) is 0 Å². The molecule has 3 heteroatoms. The number of hydrogen-bond donors (Lipinski definition) is 1. The third-order valence-electron chi connectivity index (χ3n) is 3.23. The first-order valence-electron chi connectivity index (χ1n) is 6.12. The van der Waals surface area contributed by atoms with Crippen molar-refractivity contribution in [3.63, 3.8) is 0 Å². The molecule has 96 valence electrons. The number of nitrogens with one attached hydrogen (secondary N) is 1. The molecular weight excluding hydrogens is 238 g/mol. The summed E-state index contributed by atoms with van der Waals surface area (Å²) in [7, 11) is 3.36. The molecular formula is C16H15NO2. The lowest BCUT2D eigenvalue weighted by atomic mass is 10.1. The third kappa shape index (κ3) is 2.03. The molecule has 0 aliphatic heterocycles. The smallest absolute Gasteiger partial charge is 0.128 e. The molecule has 0 atom stereocenters. The number of ether oxygens (including phenoxy) is 2. The van der Waals surface area contributed by atoms with Crippen LogP contribution in [0.2, 0.25) is 0 Å². The molecule has 2 aromatic carbocycles. The van der Waals surface area contributed by atoms with Crippen molar-refractivity contribution in [1.29, 1.82) is 0 Å². The fourth-order valence-corrected chi connectivity index (χ4v) is 2.25. The van der Waals surface area contributed by atoms with Crippen LogP contribution in [0.25, 0.3) is 22.2 Å². The Kier molecular flexibility index (Phi) is 2.88. The standard InChI is InChI=1S/C16H15NO2/c1-18-12-8-7-11-9-15(17-14(11)10-12)13-5-3-4-6-16(13)19-2/h3-10,17H,1-2H3. The van der Waals surface area contributed by atoms with Gasteiger partial charge in [-0.15, -0.1) is 0 Å². The number of H-pyrrole nitrogens is 1. The topological polar surface area (TPSA) is 34.2 Å². The van der Waals surface area contributed by atoms with E-state index >= 15 is 0 Å². The van der Waals surface area contributed by atoms with Crippen LogP contribution in [0.5, 0.6) is 11.5 Å². The first-order chi connectivity index (χ1) is 9.31. The van der Waals surface area contributed by atoms with Gasteiger partial charge < -0.3 is 14.5 Å². The van der Waals surface area contributed by atoms with Crippen molar-refractivity contribution in [2.24, 2.45) is 0 Å². The van der Waals surface area contributed by atoms with E-state index in [2.05, 4.69) is 11.1 Å². The second kappa shape index (κ2) is 4.69. The van der Waals surface area contributed by atoms with E-state index in [0.29, 0.717) is 0 Å². The van der Waals surface area contributed by atoms with E-state index in [0.717, 1.165) is 33.7 Å². The Hall–Kier alpha value is -2.42. The predicted molar refractivity (Wildman–Crippen MR) is 76.8 cm³/mol. The van der Waals surface area contributed by atoms with E-state index < -0.39 is 0 Å². The van der Waals surface area contributed by atoms with Gasteiger partial charge in [0, 0.05) is 22.5 Å². The largest absolute Gasteiger partial charge is 0.497 e. The molecule has 0 spiro atoms. The number of aromatic nitrogens is 1. The van der Waals surface area contributed by atoms with E-state index in [1.54, 1.807) is 14.2 Å². The van der Waals surface area contributed by atoms with Crippen LogP contribution in [0.1, 0.15) is 0 Å². The number of benzene rings is 2. The number of rotatable bonds is 3. The highest BCUT2D eigenvalue weighted by Gasteiger charge is 2.08. The third-order valence-corrected chi connectivity index (χ3v) is 3.23. The minimum Gasteiger partial charge on any atom is -0.497 e. The van der Waals surface area contributed by atoms with Crippen molar-refractivity contribution in [2.75, 3.05) is 14.2 Å². The number of para-hydroxylation sites is 1. The second-order valence-electron chi connectivity index (χ2n) is 4.34. The molecule has 0 unspecified atom stereocenters. The molecule has 19 heavy (non-hydrogen) atoms. The van der Waals surface area contributed by atoms with E-state index in [1.165, 1.54) is 0 Å². The lowest BCUT2D eigenvalue weighted by molar-refractivity contribution is 0.415. The van der Waals surface area contributed by atoms with Gasteiger partial charge >= 0.3 is 0 Å². The van der Waals surface area contributed by atoms with E-state index in [1.807, 2.05) is 42.5 Å². The predicted octanol–water partition coefficient (Wildman–Crippen LogP) is 3.85. The maximum atomic E-state index is 5.40. The van der Waals surface area contributed by atoms with E-state index in [-0.39, 0.29) is 0 Å². The van der Waals surface area contributed by atoms with Crippen LogP contribution in [-0.4, -0.2) is 19.2 Å². The number of methoxy groups -OCH3 is 2. The van der Waals surface area contributed by atoms with Gasteiger partial charge in [0.15, 0.2) is 0 Å². The van der Waals surface area contributed by atoms with Crippen molar-refractivity contribution in [2.45, 2.75) is 0 Å². The van der Waals surface area contributed by atoms with Gasteiger partial charge in [-0.1, -0.05) is 12.1 Å². The number of hydrogen-bond acceptors (Lipinski definition) is 2. The molecule has 3 rings (SSSR count). The average molecular weight is 253 g/mol. The Labute approximate surface area is 111 Å². The molecule has 0 saturated carbocycles. The number of aromatic amines is 1. The second-order valence-corrected chi connectivity index (χ2v) is 4.34. The summed E-state index contributed by atoms with van der Waals surface area (Å²) < 4.78 is 10.6. The van der Waals surface area contributed by atoms with Crippen molar-refractivity contribution in [3.8, 4) is 22.8 Å². The minimum absolute atomic E-state index is 0.848. The molecule has 1 heterocycles. The van der Waals surface area contributed by atoms with Gasteiger partial charge in [-0.05, 0) is 30.3 Å². The molecule has 0 bridgehead atoms. The molecule has 1 aromatic heterocycles. The molecule has 0 fully saturated rings. The lowest BCUT2D eigenvalue weighted by Gasteiger charge is -2.05. The Balaban J connectivity index is 2.15. The van der Waals surface area contributed by atoms with Gasteiger partial charge in [0.05, 0.1) is 19.9 Å². The molecule has 0 aliphatic rings. The maximum absolute atomic E-state index is 5.40. The molecule has 1 N–H and O–H groups in total. The fourth-order valence-electron chi connectivity index (χ4n) is 2.25. The first-order valence-corrected chi connectivity index (χ1v) is 6.12. The molecule has 0 amide bonds. The van der Waals surface area contributed by atoms with Crippen molar-refractivity contribution in [1.82, 2.24) is 4.98 Å². The summed E-state index contributed by atoms with van der Waals surface area (Å²) in [6, 6.07) is 16.1. The van der Waals surface area contributed by atoms with Crippen LogP contribution >= 0.6 is 0 Å². The molecule has 0 saturated heterocycles. The van der Waals surface area contributed by atoms with Gasteiger partial charge in [0.25, 0.3) is 0 Å². The monoisotopic (exact) mass is 253 g/mol. The van der Waals surface area contributed by atoms with Gasteiger partial charge in [0.2, 0.25) is 0 Å². The first kappa shape index (κ1) is 11.7. The normalized spacial score (nSPS) is 10.6. The summed E-state index contributed by atoms with van der Waals surface area (Å²) in [6.45, 7) is 0. The Morgan fingerprint density at radius 1 is 0.895 bits per heavy atom. The summed E-state index contributed by atoms with van der Waals surface area (Å²) in [4.78, 5) is 3.40. The van der Waals surface area contributed by atoms with Crippen molar-refractivity contribution >= 4 is 10.9 Å². The summed E-state index contributed by atoms with van der Waals surface area (Å²) in [6.07, 6.45) is 0. The van der Waals surface area contributed by atoms with Gasteiger partial charge in [0.1, 0.15) is 11.5 Å². The molecule has 3 nitrogen and oxygen atoms in total. The minimum atomic E-state index is 0.848. The van der Waals surface area contributed by atoms with Crippen LogP contribution in [0, 0.1) is 0 Å². The van der Waals surface area contributed by atoms with Crippen LogP contribution in [0.3, 0.4) is 0 Å². The highest BCUT2D eigenvalue weighted by Crippen LogP contribution is 2.32. The molecule has 0 aliphatic carbocycles. The van der Waals surface area contributed by atoms with Crippen LogP contribution in [-0.2, 0) is 0 Å². The molecule has 0 radical (unpaired) electrons. The van der Waals surface area contributed by atoms with Crippen LogP contribution in [0.4, 0.5) is 0 Å². The summed E-state index contributed by atoms with van der Waals surface area (Å²) in [5.41, 5.74) is 3.15. The highest BCUT2D eigenvalue weighted by molar-refractivity contribution is 5.88. The zero-order chi connectivity index (χ0) is 13.2. The summed E-state index contributed by atoms with van der Waals surface area (Å²) >= 11 is 0. The fraction of sp³-hybridized carbons (Fsp3) is 0.125.